The van der Waals surface area contributed by atoms with E-state index in [1.165, 1.54) is 36.4 Å². The minimum Gasteiger partial charge on any atom is -0.508 e. The predicted octanol–water partition coefficient (Wildman–Crippen LogP) is 3.30. The zero-order valence-electron chi connectivity index (χ0n) is 11.4. The second kappa shape index (κ2) is 6.57. The van der Waals surface area contributed by atoms with Crippen molar-refractivity contribution in [3.63, 3.8) is 0 Å². The molecule has 0 heterocycles. The molecule has 0 saturated carbocycles. The van der Waals surface area contributed by atoms with Gasteiger partial charge in [-0.25, -0.2) is 0 Å². The lowest BCUT2D eigenvalue weighted by molar-refractivity contribution is -0.274. The monoisotopic (exact) mass is 313 g/mol. The summed E-state index contributed by atoms with van der Waals surface area (Å²) < 4.78 is 47.0. The first-order valence-electron chi connectivity index (χ1n) is 6.41. The van der Waals surface area contributed by atoms with E-state index in [9.17, 15) is 18.3 Å². The lowest BCUT2D eigenvalue weighted by atomic mass is 10.0. The first-order chi connectivity index (χ1) is 10.4. The lowest BCUT2D eigenvalue weighted by Gasteiger charge is -2.15. The Kier molecular flexibility index (Phi) is 4.77. The van der Waals surface area contributed by atoms with E-state index in [4.69, 9.17) is 10.5 Å². The number of nitrogens with two attached hydrogens (primary N) is 1. The highest BCUT2D eigenvalue weighted by Gasteiger charge is 2.32. The van der Waals surface area contributed by atoms with E-state index in [-0.39, 0.29) is 36.0 Å². The van der Waals surface area contributed by atoms with Gasteiger partial charge in [0, 0.05) is 18.2 Å². The van der Waals surface area contributed by atoms with Gasteiger partial charge in [-0.2, -0.15) is 0 Å². The molecule has 4 nitrogen and oxygen atoms in total. The summed E-state index contributed by atoms with van der Waals surface area (Å²) in [4.78, 5) is 0. The Labute approximate surface area is 124 Å². The molecule has 22 heavy (non-hydrogen) atoms. The topological polar surface area (TPSA) is 64.7 Å². The number of benzene rings is 2. The molecule has 2 aromatic rings. The van der Waals surface area contributed by atoms with Gasteiger partial charge in [-0.15, -0.1) is 13.2 Å². The molecule has 0 aliphatic rings. The molecule has 0 aliphatic heterocycles. The van der Waals surface area contributed by atoms with Gasteiger partial charge in [-0.3, -0.25) is 0 Å². The molecule has 0 radical (unpaired) electrons. The van der Waals surface area contributed by atoms with Crippen molar-refractivity contribution in [1.29, 1.82) is 0 Å². The Morgan fingerprint density at radius 3 is 2.32 bits per heavy atom. The Morgan fingerprint density at radius 2 is 1.73 bits per heavy atom. The molecule has 0 atom stereocenters. The van der Waals surface area contributed by atoms with Crippen LogP contribution in [0.15, 0.2) is 42.5 Å². The number of aromatic hydroxyl groups is 1. The Bertz CT molecular complexity index is 627. The largest absolute Gasteiger partial charge is 0.573 e. The van der Waals surface area contributed by atoms with Crippen molar-refractivity contribution >= 4 is 0 Å². The Balaban J connectivity index is 2.40. The molecular weight excluding hydrogens is 299 g/mol. The lowest BCUT2D eigenvalue weighted by Crippen LogP contribution is -2.18. The molecule has 0 aliphatic carbocycles. The highest BCUT2D eigenvalue weighted by atomic mass is 19.4. The number of halogens is 3. The van der Waals surface area contributed by atoms with Gasteiger partial charge in [0.1, 0.15) is 23.9 Å². The van der Waals surface area contributed by atoms with Crippen molar-refractivity contribution in [2.75, 3.05) is 13.2 Å². The normalized spacial score (nSPS) is 11.3. The fourth-order valence-corrected chi connectivity index (χ4v) is 1.86. The van der Waals surface area contributed by atoms with Crippen molar-refractivity contribution in [2.24, 2.45) is 5.73 Å². The second-order valence-corrected chi connectivity index (χ2v) is 4.39. The van der Waals surface area contributed by atoms with Crippen molar-refractivity contribution in [3.05, 3.63) is 42.5 Å². The number of ether oxygens (including phenoxy) is 2. The van der Waals surface area contributed by atoms with Gasteiger partial charge in [0.2, 0.25) is 0 Å². The van der Waals surface area contributed by atoms with Gasteiger partial charge in [-0.05, 0) is 29.8 Å². The zero-order valence-corrected chi connectivity index (χ0v) is 11.4. The standard InChI is InChI=1S/C15H14F3NO3/c16-15(17,18)22-14-9-12(21-8-7-19)5-6-13(14)10-1-3-11(20)4-2-10/h1-6,9,20H,7-8,19H2. The van der Waals surface area contributed by atoms with Gasteiger partial charge in [0.25, 0.3) is 0 Å². The molecule has 2 aromatic carbocycles. The third-order valence-corrected chi connectivity index (χ3v) is 2.74. The first-order valence-corrected chi connectivity index (χ1v) is 6.41. The average Bonchev–Trinajstić information content (AvgIpc) is 2.45. The molecule has 7 heteroatoms. The van der Waals surface area contributed by atoms with Crippen molar-refractivity contribution < 1.29 is 27.8 Å². The van der Waals surface area contributed by atoms with Crippen LogP contribution in [0.1, 0.15) is 0 Å². The van der Waals surface area contributed by atoms with Gasteiger partial charge in [0.15, 0.2) is 0 Å². The van der Waals surface area contributed by atoms with Gasteiger partial charge < -0.3 is 20.3 Å². The number of rotatable bonds is 5. The van der Waals surface area contributed by atoms with Crippen LogP contribution in [0, 0.1) is 0 Å². The maximum atomic E-state index is 12.6. The van der Waals surface area contributed by atoms with Crippen molar-refractivity contribution in [1.82, 2.24) is 0 Å². The number of phenolic OH excluding ortho intramolecular Hbond substituents is 1. The molecule has 2 rings (SSSR count). The average molecular weight is 313 g/mol. The number of alkyl halides is 3. The van der Waals surface area contributed by atoms with Crippen LogP contribution in [0.4, 0.5) is 13.2 Å². The van der Waals surface area contributed by atoms with E-state index in [0.29, 0.717) is 5.56 Å². The Hall–Kier alpha value is -2.41. The molecule has 0 saturated heterocycles. The quantitative estimate of drug-likeness (QED) is 0.889. The molecule has 3 N–H and O–H groups in total. The minimum absolute atomic E-state index is 0.0185. The summed E-state index contributed by atoms with van der Waals surface area (Å²) in [5, 5.41) is 9.26. The highest BCUT2D eigenvalue weighted by Crippen LogP contribution is 2.37. The van der Waals surface area contributed by atoms with E-state index in [1.807, 2.05) is 0 Å². The number of phenols is 1. The molecule has 0 bridgehead atoms. The van der Waals surface area contributed by atoms with E-state index in [0.717, 1.165) is 6.07 Å². The fourth-order valence-electron chi connectivity index (χ4n) is 1.86. The SMILES string of the molecule is NCCOc1ccc(-c2ccc(O)cc2)c(OC(F)(F)F)c1. The second-order valence-electron chi connectivity index (χ2n) is 4.39. The van der Waals surface area contributed by atoms with Crippen LogP contribution in [0.3, 0.4) is 0 Å². The van der Waals surface area contributed by atoms with Crippen LogP contribution in [-0.2, 0) is 0 Å². The van der Waals surface area contributed by atoms with E-state index in [2.05, 4.69) is 4.74 Å². The van der Waals surface area contributed by atoms with Crippen LogP contribution in [0.25, 0.3) is 11.1 Å². The molecular formula is C15H14F3NO3. The third kappa shape index (κ3) is 4.29. The van der Waals surface area contributed by atoms with Crippen LogP contribution in [0.5, 0.6) is 17.2 Å². The van der Waals surface area contributed by atoms with Crippen molar-refractivity contribution in [2.45, 2.75) is 6.36 Å². The molecule has 118 valence electrons. The summed E-state index contributed by atoms with van der Waals surface area (Å²) in [5.74, 6) is -0.134. The third-order valence-electron chi connectivity index (χ3n) is 2.74. The van der Waals surface area contributed by atoms with Gasteiger partial charge >= 0.3 is 6.36 Å². The summed E-state index contributed by atoms with van der Waals surface area (Å²) in [6, 6.07) is 9.89. The summed E-state index contributed by atoms with van der Waals surface area (Å²) in [6.07, 6.45) is -4.82. The molecule has 0 unspecified atom stereocenters. The molecule has 0 amide bonds. The van der Waals surface area contributed by atoms with Crippen LogP contribution >= 0.6 is 0 Å². The molecule has 0 aromatic heterocycles. The molecule has 0 fully saturated rings. The van der Waals surface area contributed by atoms with Crippen LogP contribution in [0.2, 0.25) is 0 Å². The zero-order chi connectivity index (χ0) is 16.2. The summed E-state index contributed by atoms with van der Waals surface area (Å²) >= 11 is 0. The van der Waals surface area contributed by atoms with E-state index < -0.39 is 6.36 Å². The summed E-state index contributed by atoms with van der Waals surface area (Å²) in [5.41, 5.74) is 6.00. The Morgan fingerprint density at radius 1 is 1.05 bits per heavy atom. The van der Waals surface area contributed by atoms with Gasteiger partial charge in [0.05, 0.1) is 0 Å². The van der Waals surface area contributed by atoms with E-state index in [1.54, 1.807) is 0 Å². The number of hydrogen-bond donors (Lipinski definition) is 2. The number of hydrogen-bond acceptors (Lipinski definition) is 4. The summed E-state index contributed by atoms with van der Waals surface area (Å²) in [6.45, 7) is 0.430. The summed E-state index contributed by atoms with van der Waals surface area (Å²) in [7, 11) is 0. The predicted molar refractivity (Wildman–Crippen MR) is 74.8 cm³/mol. The van der Waals surface area contributed by atoms with E-state index >= 15 is 0 Å². The van der Waals surface area contributed by atoms with Crippen LogP contribution < -0.4 is 15.2 Å². The van der Waals surface area contributed by atoms with Crippen molar-refractivity contribution in [3.8, 4) is 28.4 Å². The maximum Gasteiger partial charge on any atom is 0.573 e. The molecule has 0 spiro atoms. The van der Waals surface area contributed by atoms with Gasteiger partial charge in [-0.1, -0.05) is 12.1 Å². The minimum atomic E-state index is -4.82. The fraction of sp³-hybridized carbons (Fsp3) is 0.200. The smallest absolute Gasteiger partial charge is 0.508 e. The van der Waals surface area contributed by atoms with Crippen LogP contribution in [-0.4, -0.2) is 24.6 Å². The highest BCUT2D eigenvalue weighted by molar-refractivity contribution is 5.72. The maximum absolute atomic E-state index is 12.6. The first kappa shape index (κ1) is 16.0.